The van der Waals surface area contributed by atoms with Crippen molar-refractivity contribution in [3.8, 4) is 0 Å². The highest BCUT2D eigenvalue weighted by molar-refractivity contribution is 5.72. The van der Waals surface area contributed by atoms with E-state index in [2.05, 4.69) is 27.7 Å². The molecule has 0 aromatic rings. The van der Waals surface area contributed by atoms with Crippen LogP contribution >= 0.6 is 0 Å². The van der Waals surface area contributed by atoms with Gasteiger partial charge in [0.25, 0.3) is 0 Å². The van der Waals surface area contributed by atoms with Crippen LogP contribution in [-0.2, 0) is 4.79 Å². The predicted molar refractivity (Wildman–Crippen MR) is 95.0 cm³/mol. The van der Waals surface area contributed by atoms with E-state index >= 15 is 0 Å². The molecule has 4 N–H and O–H groups in total. The lowest BCUT2D eigenvalue weighted by Crippen LogP contribution is -2.47. The Bertz CT molecular complexity index is 250. The summed E-state index contributed by atoms with van der Waals surface area (Å²) in [5.74, 6) is -0.470. The summed E-state index contributed by atoms with van der Waals surface area (Å²) in [5, 5.41) is 12.1. The second-order valence-corrected chi connectivity index (χ2v) is 6.63. The summed E-state index contributed by atoms with van der Waals surface area (Å²) < 4.78 is 0. The second kappa shape index (κ2) is 14.0. The molecule has 22 heavy (non-hydrogen) atoms. The third-order valence-corrected chi connectivity index (χ3v) is 4.95. The molecule has 134 valence electrons. The van der Waals surface area contributed by atoms with E-state index in [1.165, 1.54) is 0 Å². The van der Waals surface area contributed by atoms with E-state index < -0.39 is 11.4 Å². The Kier molecular flexibility index (Phi) is 15.1. The number of quaternary nitrogens is 1. The summed E-state index contributed by atoms with van der Waals surface area (Å²) in [7, 11) is 0. The summed E-state index contributed by atoms with van der Waals surface area (Å²) in [6, 6.07) is 0. The van der Waals surface area contributed by atoms with Crippen LogP contribution in [0.15, 0.2) is 0 Å². The highest BCUT2D eigenvalue weighted by atomic mass is 16.4. The lowest BCUT2D eigenvalue weighted by Gasteiger charge is -2.43. The summed E-state index contributed by atoms with van der Waals surface area (Å²) in [6.45, 7) is 8.67. The SMILES string of the molecule is CCCCC(CCCC)C(CCCC)(CCCC)C(=O)[O-].[NH4+]. The standard InChI is InChI=1S/C19H38O2.H3N/c1-5-9-13-17(14-10-6-2)19(18(20)21,15-11-7-3)16-12-8-4;/h17H,5-16H2,1-4H3,(H,20,21);1H3. The van der Waals surface area contributed by atoms with Gasteiger partial charge in [0.05, 0.1) is 0 Å². The van der Waals surface area contributed by atoms with Crippen molar-refractivity contribution in [3.05, 3.63) is 0 Å². The van der Waals surface area contributed by atoms with Gasteiger partial charge in [0, 0.05) is 11.4 Å². The normalized spacial score (nSPS) is 11.5. The zero-order valence-electron chi connectivity index (χ0n) is 15.9. The quantitative estimate of drug-likeness (QED) is 0.461. The topological polar surface area (TPSA) is 76.6 Å². The highest BCUT2D eigenvalue weighted by Crippen LogP contribution is 2.43. The molecule has 0 aliphatic carbocycles. The van der Waals surface area contributed by atoms with E-state index in [0.29, 0.717) is 5.92 Å². The molecule has 0 aromatic carbocycles. The van der Waals surface area contributed by atoms with Gasteiger partial charge >= 0.3 is 0 Å². The molecule has 0 heterocycles. The minimum absolute atomic E-state index is 0. The molecule has 0 saturated heterocycles. The van der Waals surface area contributed by atoms with Crippen molar-refractivity contribution in [1.29, 1.82) is 0 Å². The predicted octanol–water partition coefficient (Wildman–Crippen LogP) is 5.48. The van der Waals surface area contributed by atoms with Crippen LogP contribution < -0.4 is 11.3 Å². The first-order valence-corrected chi connectivity index (χ1v) is 9.30. The van der Waals surface area contributed by atoms with E-state index in [0.717, 1.165) is 77.0 Å². The Balaban J connectivity index is 0. The van der Waals surface area contributed by atoms with Gasteiger partial charge in [0.1, 0.15) is 0 Å². The van der Waals surface area contributed by atoms with Crippen LogP contribution in [0, 0.1) is 11.3 Å². The van der Waals surface area contributed by atoms with Crippen molar-refractivity contribution < 1.29 is 9.90 Å². The van der Waals surface area contributed by atoms with Crippen LogP contribution in [-0.4, -0.2) is 5.97 Å². The second-order valence-electron chi connectivity index (χ2n) is 6.63. The van der Waals surface area contributed by atoms with Crippen molar-refractivity contribution >= 4 is 5.97 Å². The third-order valence-electron chi connectivity index (χ3n) is 4.95. The summed E-state index contributed by atoms with van der Waals surface area (Å²) in [5.41, 5.74) is -0.573. The molecule has 0 aliphatic rings. The van der Waals surface area contributed by atoms with Crippen molar-refractivity contribution in [1.82, 2.24) is 6.15 Å². The number of hydrogen-bond donors (Lipinski definition) is 1. The van der Waals surface area contributed by atoms with E-state index in [1.807, 2.05) is 0 Å². The first-order valence-electron chi connectivity index (χ1n) is 9.30. The molecule has 0 unspecified atom stereocenters. The molecular weight excluding hydrogens is 274 g/mol. The number of carboxylic acids is 1. The molecule has 0 spiro atoms. The maximum Gasteiger partial charge on any atom is 0.0479 e. The first-order chi connectivity index (χ1) is 10.1. The number of unbranched alkanes of at least 4 members (excludes halogenated alkanes) is 4. The van der Waals surface area contributed by atoms with Crippen molar-refractivity contribution in [2.24, 2.45) is 11.3 Å². The third kappa shape index (κ3) is 7.62. The first kappa shape index (κ1) is 23.7. The number of hydrogen-bond acceptors (Lipinski definition) is 2. The lowest BCUT2D eigenvalue weighted by molar-refractivity contribution is -0.323. The van der Waals surface area contributed by atoms with E-state index in [1.54, 1.807) is 0 Å². The number of carbonyl (C=O) groups excluding carboxylic acids is 1. The molecule has 0 amide bonds. The van der Waals surface area contributed by atoms with Gasteiger partial charge < -0.3 is 16.1 Å². The van der Waals surface area contributed by atoms with Gasteiger partial charge in [0.15, 0.2) is 0 Å². The van der Waals surface area contributed by atoms with Crippen molar-refractivity contribution in [2.45, 2.75) is 105 Å². The molecule has 0 bridgehead atoms. The van der Waals surface area contributed by atoms with Gasteiger partial charge in [-0.3, -0.25) is 0 Å². The average Bonchev–Trinajstić information content (AvgIpc) is 2.48. The molecule has 0 rings (SSSR count). The van der Waals surface area contributed by atoms with E-state index in [-0.39, 0.29) is 6.15 Å². The van der Waals surface area contributed by atoms with E-state index in [4.69, 9.17) is 0 Å². The summed E-state index contributed by atoms with van der Waals surface area (Å²) >= 11 is 0. The van der Waals surface area contributed by atoms with Gasteiger partial charge in [-0.05, 0) is 31.6 Å². The van der Waals surface area contributed by atoms with E-state index in [9.17, 15) is 9.90 Å². The van der Waals surface area contributed by atoms with Crippen LogP contribution in [0.5, 0.6) is 0 Å². The Hall–Kier alpha value is -0.570. The fourth-order valence-corrected chi connectivity index (χ4v) is 3.49. The van der Waals surface area contributed by atoms with Gasteiger partial charge in [-0.1, -0.05) is 79.1 Å². The Morgan fingerprint density at radius 3 is 1.45 bits per heavy atom. The molecular formula is C19H41NO2. The lowest BCUT2D eigenvalue weighted by atomic mass is 9.65. The fraction of sp³-hybridized carbons (Fsp3) is 0.947. The Labute approximate surface area is 138 Å². The molecule has 3 heteroatoms. The Morgan fingerprint density at radius 2 is 1.18 bits per heavy atom. The smallest absolute Gasteiger partial charge is 0.0479 e. The molecule has 0 saturated carbocycles. The molecule has 3 nitrogen and oxygen atoms in total. The van der Waals surface area contributed by atoms with Crippen LogP contribution in [0.1, 0.15) is 105 Å². The fourth-order valence-electron chi connectivity index (χ4n) is 3.49. The molecule has 0 atom stereocenters. The van der Waals surface area contributed by atoms with Crippen LogP contribution in [0.2, 0.25) is 0 Å². The molecule has 0 radical (unpaired) electrons. The number of aliphatic carboxylic acids is 1. The summed E-state index contributed by atoms with van der Waals surface area (Å²) in [4.78, 5) is 12.1. The zero-order chi connectivity index (χ0) is 16.1. The molecule has 0 fully saturated rings. The van der Waals surface area contributed by atoms with Crippen LogP contribution in [0.3, 0.4) is 0 Å². The minimum atomic E-state index is -0.776. The minimum Gasteiger partial charge on any atom is -0.550 e. The van der Waals surface area contributed by atoms with Crippen molar-refractivity contribution in [3.63, 3.8) is 0 Å². The monoisotopic (exact) mass is 315 g/mol. The molecule has 0 aliphatic heterocycles. The van der Waals surface area contributed by atoms with Crippen LogP contribution in [0.4, 0.5) is 0 Å². The summed E-state index contributed by atoms with van der Waals surface area (Å²) in [6.07, 6.45) is 12.4. The van der Waals surface area contributed by atoms with Gasteiger partial charge in [-0.2, -0.15) is 0 Å². The van der Waals surface area contributed by atoms with Gasteiger partial charge in [0.2, 0.25) is 0 Å². The highest BCUT2D eigenvalue weighted by Gasteiger charge is 2.38. The number of carbonyl (C=O) groups is 1. The maximum atomic E-state index is 12.1. The average molecular weight is 316 g/mol. The maximum absolute atomic E-state index is 12.1. The Morgan fingerprint density at radius 1 is 0.818 bits per heavy atom. The van der Waals surface area contributed by atoms with Gasteiger partial charge in [-0.25, -0.2) is 0 Å². The number of carboxylic acid groups (broad SMARTS) is 1. The number of rotatable bonds is 14. The van der Waals surface area contributed by atoms with Crippen LogP contribution in [0.25, 0.3) is 0 Å². The largest absolute Gasteiger partial charge is 0.550 e. The van der Waals surface area contributed by atoms with Crippen molar-refractivity contribution in [2.75, 3.05) is 0 Å². The van der Waals surface area contributed by atoms with Gasteiger partial charge in [-0.15, -0.1) is 0 Å². The molecule has 0 aromatic heterocycles. The zero-order valence-corrected chi connectivity index (χ0v) is 15.9.